The summed E-state index contributed by atoms with van der Waals surface area (Å²) in [5.74, 6) is 0.228. The summed E-state index contributed by atoms with van der Waals surface area (Å²) >= 11 is 10.7. The Morgan fingerprint density at radius 3 is 2.56 bits per heavy atom. The third kappa shape index (κ3) is 3.91. The minimum absolute atomic E-state index is 0.105. The molecule has 0 aliphatic carbocycles. The average Bonchev–Trinajstić information content (AvgIpc) is 2.26. The van der Waals surface area contributed by atoms with E-state index in [1.807, 2.05) is 13.8 Å². The zero-order chi connectivity index (χ0) is 13.9. The molecule has 18 heavy (non-hydrogen) atoms. The normalized spacial score (nSPS) is 11.8. The first-order valence-electron chi connectivity index (χ1n) is 5.33. The van der Waals surface area contributed by atoms with Gasteiger partial charge < -0.3 is 5.73 Å². The summed E-state index contributed by atoms with van der Waals surface area (Å²) in [5, 5.41) is 0.231. The second kappa shape index (κ2) is 5.97. The van der Waals surface area contributed by atoms with E-state index in [1.165, 1.54) is 18.2 Å². The smallest absolute Gasteiger partial charge is 0.240 e. The number of benzene rings is 1. The molecule has 0 spiro atoms. The van der Waals surface area contributed by atoms with Gasteiger partial charge in [0.05, 0.1) is 9.92 Å². The van der Waals surface area contributed by atoms with Gasteiger partial charge in [-0.2, -0.15) is 0 Å². The highest BCUT2D eigenvalue weighted by molar-refractivity contribution is 7.89. The van der Waals surface area contributed by atoms with Gasteiger partial charge in [-0.3, -0.25) is 0 Å². The maximum absolute atomic E-state index is 11.9. The van der Waals surface area contributed by atoms with E-state index >= 15 is 0 Å². The van der Waals surface area contributed by atoms with Crippen molar-refractivity contribution >= 4 is 38.8 Å². The van der Waals surface area contributed by atoms with Gasteiger partial charge in [0, 0.05) is 12.1 Å². The van der Waals surface area contributed by atoms with E-state index < -0.39 is 10.0 Å². The summed E-state index contributed by atoms with van der Waals surface area (Å²) in [6.07, 6.45) is 0. The number of sulfonamides is 1. The Balaban J connectivity index is 3.04. The van der Waals surface area contributed by atoms with Crippen LogP contribution < -0.4 is 10.5 Å². The lowest BCUT2D eigenvalue weighted by molar-refractivity contribution is 0.560. The van der Waals surface area contributed by atoms with Crippen LogP contribution >= 0.6 is 23.8 Å². The van der Waals surface area contributed by atoms with Gasteiger partial charge in [-0.25, -0.2) is 13.1 Å². The molecule has 0 aliphatic heterocycles. The van der Waals surface area contributed by atoms with Gasteiger partial charge in [-0.15, -0.1) is 0 Å². The average molecular weight is 307 g/mol. The number of hydrogen-bond acceptors (Lipinski definition) is 3. The summed E-state index contributed by atoms with van der Waals surface area (Å²) in [5.41, 5.74) is 5.92. The molecule has 4 nitrogen and oxygen atoms in total. The van der Waals surface area contributed by atoms with Gasteiger partial charge in [0.2, 0.25) is 10.0 Å². The van der Waals surface area contributed by atoms with Crippen LogP contribution in [0.2, 0.25) is 5.02 Å². The van der Waals surface area contributed by atoms with Crippen LogP contribution in [-0.2, 0) is 10.0 Å². The Morgan fingerprint density at radius 2 is 2.11 bits per heavy atom. The third-order valence-corrected chi connectivity index (χ3v) is 4.15. The lowest BCUT2D eigenvalue weighted by Gasteiger charge is -2.10. The van der Waals surface area contributed by atoms with Crippen molar-refractivity contribution in [2.45, 2.75) is 18.7 Å². The highest BCUT2D eigenvalue weighted by Crippen LogP contribution is 2.20. The Labute approximate surface area is 118 Å². The monoisotopic (exact) mass is 306 g/mol. The molecule has 100 valence electrons. The Kier molecular flexibility index (Phi) is 5.10. The second-order valence-electron chi connectivity index (χ2n) is 4.25. The molecule has 1 aromatic rings. The standard InChI is InChI=1S/C11H15ClN2O2S2/c1-7(2)6-14-18(15,16)8-3-4-9(11(13)17)10(12)5-8/h3-5,7,14H,6H2,1-2H3,(H2,13,17). The third-order valence-electron chi connectivity index (χ3n) is 2.20. The maximum atomic E-state index is 11.9. The molecule has 0 bridgehead atoms. The second-order valence-corrected chi connectivity index (χ2v) is 6.87. The van der Waals surface area contributed by atoms with E-state index in [2.05, 4.69) is 4.72 Å². The first-order chi connectivity index (χ1) is 8.24. The van der Waals surface area contributed by atoms with Crippen LogP contribution in [0.1, 0.15) is 19.4 Å². The van der Waals surface area contributed by atoms with Crippen LogP contribution in [0.3, 0.4) is 0 Å². The van der Waals surface area contributed by atoms with Crippen molar-refractivity contribution in [2.75, 3.05) is 6.54 Å². The van der Waals surface area contributed by atoms with E-state index in [1.54, 1.807) is 0 Å². The predicted molar refractivity (Wildman–Crippen MR) is 77.4 cm³/mol. The predicted octanol–water partition coefficient (Wildman–Crippen LogP) is 1.91. The van der Waals surface area contributed by atoms with Gasteiger partial charge in [0.25, 0.3) is 0 Å². The fourth-order valence-electron chi connectivity index (χ4n) is 1.22. The van der Waals surface area contributed by atoms with Gasteiger partial charge >= 0.3 is 0 Å². The van der Waals surface area contributed by atoms with Gasteiger partial charge in [-0.05, 0) is 24.1 Å². The SMILES string of the molecule is CC(C)CNS(=O)(=O)c1ccc(C(N)=S)c(Cl)c1. The molecule has 0 aromatic heterocycles. The van der Waals surface area contributed by atoms with Crippen LogP contribution in [0.15, 0.2) is 23.1 Å². The fourth-order valence-corrected chi connectivity index (χ4v) is 3.04. The summed E-state index contributed by atoms with van der Waals surface area (Å²) in [6.45, 7) is 4.22. The highest BCUT2D eigenvalue weighted by atomic mass is 35.5. The van der Waals surface area contributed by atoms with Crippen molar-refractivity contribution in [3.05, 3.63) is 28.8 Å². The minimum Gasteiger partial charge on any atom is -0.389 e. The van der Waals surface area contributed by atoms with Crippen molar-refractivity contribution < 1.29 is 8.42 Å². The van der Waals surface area contributed by atoms with Crippen LogP contribution in [0, 0.1) is 5.92 Å². The van der Waals surface area contributed by atoms with Crippen LogP contribution in [-0.4, -0.2) is 20.0 Å². The lowest BCUT2D eigenvalue weighted by Crippen LogP contribution is -2.27. The van der Waals surface area contributed by atoms with Crippen molar-refractivity contribution in [2.24, 2.45) is 11.7 Å². The van der Waals surface area contributed by atoms with Crippen LogP contribution in [0.5, 0.6) is 0 Å². The Morgan fingerprint density at radius 1 is 1.50 bits per heavy atom. The number of halogens is 1. The quantitative estimate of drug-likeness (QED) is 0.815. The molecule has 0 aliphatic rings. The number of hydrogen-bond donors (Lipinski definition) is 2. The molecular weight excluding hydrogens is 292 g/mol. The van der Waals surface area contributed by atoms with E-state index in [0.717, 1.165) is 0 Å². The van der Waals surface area contributed by atoms with E-state index in [0.29, 0.717) is 12.1 Å². The molecule has 0 saturated carbocycles. The molecule has 0 radical (unpaired) electrons. The molecule has 0 heterocycles. The number of thiocarbonyl (C=S) groups is 1. The zero-order valence-corrected chi connectivity index (χ0v) is 12.5. The molecule has 0 saturated heterocycles. The first kappa shape index (κ1) is 15.4. The van der Waals surface area contributed by atoms with E-state index in [-0.39, 0.29) is 20.8 Å². The van der Waals surface area contributed by atoms with Crippen molar-refractivity contribution in [1.82, 2.24) is 4.72 Å². The molecule has 3 N–H and O–H groups in total. The van der Waals surface area contributed by atoms with Gasteiger partial charge in [-0.1, -0.05) is 37.7 Å². The molecule has 0 atom stereocenters. The van der Waals surface area contributed by atoms with Gasteiger partial charge in [0.1, 0.15) is 4.99 Å². The van der Waals surface area contributed by atoms with Crippen LogP contribution in [0.25, 0.3) is 0 Å². The summed E-state index contributed by atoms with van der Waals surface area (Å²) < 4.78 is 26.4. The molecule has 1 aromatic carbocycles. The fraction of sp³-hybridized carbons (Fsp3) is 0.364. The van der Waals surface area contributed by atoms with E-state index in [4.69, 9.17) is 29.6 Å². The highest BCUT2D eigenvalue weighted by Gasteiger charge is 2.16. The molecule has 7 heteroatoms. The van der Waals surface area contributed by atoms with Crippen molar-refractivity contribution in [1.29, 1.82) is 0 Å². The topological polar surface area (TPSA) is 72.2 Å². The van der Waals surface area contributed by atoms with Crippen molar-refractivity contribution in [3.63, 3.8) is 0 Å². The minimum atomic E-state index is -3.54. The number of rotatable bonds is 5. The lowest BCUT2D eigenvalue weighted by atomic mass is 10.2. The van der Waals surface area contributed by atoms with Crippen LogP contribution in [0.4, 0.5) is 0 Å². The molecule has 0 amide bonds. The van der Waals surface area contributed by atoms with E-state index in [9.17, 15) is 8.42 Å². The maximum Gasteiger partial charge on any atom is 0.240 e. The molecule has 1 rings (SSSR count). The number of nitrogens with one attached hydrogen (secondary N) is 1. The largest absolute Gasteiger partial charge is 0.389 e. The Bertz CT molecular complexity index is 556. The van der Waals surface area contributed by atoms with Crippen molar-refractivity contribution in [3.8, 4) is 0 Å². The molecule has 0 fully saturated rings. The summed E-state index contributed by atoms with van der Waals surface area (Å²) in [4.78, 5) is 0.243. The summed E-state index contributed by atoms with van der Waals surface area (Å²) in [6, 6.07) is 4.29. The summed E-state index contributed by atoms with van der Waals surface area (Å²) in [7, 11) is -3.54. The van der Waals surface area contributed by atoms with Gasteiger partial charge in [0.15, 0.2) is 0 Å². The zero-order valence-electron chi connectivity index (χ0n) is 10.1. The molecule has 0 unspecified atom stereocenters. The molecular formula is C11H15ClN2O2S2. The first-order valence-corrected chi connectivity index (χ1v) is 7.60. The number of nitrogens with two attached hydrogens (primary N) is 1. The Hall–Kier alpha value is -0.690.